The number of piperidine rings is 1. The highest BCUT2D eigenvalue weighted by atomic mass is 15.2. The standard InChI is InChI=1S/C17H35N3/c1-4-11-18-16-7-5-6-8-17(16)20-12-9-15(10-13-20)14-19(2)3/h15-18H,4-14H2,1-3H3. The van der Waals surface area contributed by atoms with Gasteiger partial charge in [-0.05, 0) is 71.8 Å². The quantitative estimate of drug-likeness (QED) is 0.807. The van der Waals surface area contributed by atoms with E-state index in [2.05, 4.69) is 36.1 Å². The fraction of sp³-hybridized carbons (Fsp3) is 1.00. The molecular formula is C17H35N3. The summed E-state index contributed by atoms with van der Waals surface area (Å²) >= 11 is 0. The van der Waals surface area contributed by atoms with Crippen LogP contribution in [0, 0.1) is 5.92 Å². The average molecular weight is 281 g/mol. The van der Waals surface area contributed by atoms with Crippen molar-refractivity contribution in [2.24, 2.45) is 5.92 Å². The zero-order valence-electron chi connectivity index (χ0n) is 13.9. The highest BCUT2D eigenvalue weighted by Crippen LogP contribution is 2.27. The molecule has 0 amide bonds. The van der Waals surface area contributed by atoms with Gasteiger partial charge in [-0.3, -0.25) is 4.90 Å². The van der Waals surface area contributed by atoms with Gasteiger partial charge < -0.3 is 10.2 Å². The molecule has 1 saturated heterocycles. The van der Waals surface area contributed by atoms with E-state index in [4.69, 9.17) is 0 Å². The van der Waals surface area contributed by atoms with Crippen molar-refractivity contribution in [2.75, 3.05) is 40.3 Å². The number of rotatable bonds is 6. The number of hydrogen-bond donors (Lipinski definition) is 1. The minimum atomic E-state index is 0.758. The fourth-order valence-electron chi connectivity index (χ4n) is 4.10. The molecule has 2 aliphatic rings. The highest BCUT2D eigenvalue weighted by molar-refractivity contribution is 4.90. The van der Waals surface area contributed by atoms with E-state index in [9.17, 15) is 0 Å². The van der Waals surface area contributed by atoms with Crippen LogP contribution in [0.25, 0.3) is 0 Å². The van der Waals surface area contributed by atoms with Gasteiger partial charge >= 0.3 is 0 Å². The molecule has 1 aliphatic carbocycles. The molecule has 20 heavy (non-hydrogen) atoms. The lowest BCUT2D eigenvalue weighted by atomic mass is 9.86. The van der Waals surface area contributed by atoms with Crippen molar-refractivity contribution in [2.45, 2.75) is 64.0 Å². The Morgan fingerprint density at radius 1 is 1.05 bits per heavy atom. The van der Waals surface area contributed by atoms with Crippen LogP contribution in [0.2, 0.25) is 0 Å². The smallest absolute Gasteiger partial charge is 0.0249 e. The molecule has 3 heteroatoms. The second-order valence-electron chi connectivity index (χ2n) is 7.15. The Kier molecular flexibility index (Phi) is 6.79. The molecular weight excluding hydrogens is 246 g/mol. The molecule has 0 aromatic heterocycles. The van der Waals surface area contributed by atoms with Crippen LogP contribution in [-0.4, -0.2) is 62.2 Å². The molecule has 0 aromatic carbocycles. The Morgan fingerprint density at radius 2 is 1.75 bits per heavy atom. The van der Waals surface area contributed by atoms with Crippen molar-refractivity contribution in [3.8, 4) is 0 Å². The molecule has 1 saturated carbocycles. The molecule has 2 atom stereocenters. The Morgan fingerprint density at radius 3 is 2.40 bits per heavy atom. The first-order chi connectivity index (χ1) is 9.70. The summed E-state index contributed by atoms with van der Waals surface area (Å²) in [6, 6.07) is 1.57. The molecule has 2 rings (SSSR count). The minimum absolute atomic E-state index is 0.758. The highest BCUT2D eigenvalue weighted by Gasteiger charge is 2.32. The van der Waals surface area contributed by atoms with Gasteiger partial charge in [-0.2, -0.15) is 0 Å². The van der Waals surface area contributed by atoms with Crippen LogP contribution in [0.1, 0.15) is 51.9 Å². The van der Waals surface area contributed by atoms with E-state index >= 15 is 0 Å². The van der Waals surface area contributed by atoms with Crippen molar-refractivity contribution in [1.29, 1.82) is 0 Å². The number of hydrogen-bond acceptors (Lipinski definition) is 3. The predicted octanol–water partition coefficient (Wildman–Crippen LogP) is 2.57. The van der Waals surface area contributed by atoms with E-state index < -0.39 is 0 Å². The third kappa shape index (κ3) is 4.71. The molecule has 1 aliphatic heterocycles. The number of likely N-dealkylation sites (tertiary alicyclic amines) is 1. The molecule has 1 N–H and O–H groups in total. The van der Waals surface area contributed by atoms with Gasteiger partial charge in [0, 0.05) is 18.6 Å². The van der Waals surface area contributed by atoms with Crippen molar-refractivity contribution >= 4 is 0 Å². The van der Waals surface area contributed by atoms with Gasteiger partial charge in [0.25, 0.3) is 0 Å². The SMILES string of the molecule is CCCNC1CCCCC1N1CCC(CN(C)C)CC1. The summed E-state index contributed by atoms with van der Waals surface area (Å²) in [6.45, 7) is 7.40. The maximum Gasteiger partial charge on any atom is 0.0249 e. The normalized spacial score (nSPS) is 30.0. The summed E-state index contributed by atoms with van der Waals surface area (Å²) in [6.07, 6.45) is 9.72. The Bertz CT molecular complexity index is 259. The lowest BCUT2D eigenvalue weighted by Crippen LogP contribution is -2.54. The molecule has 2 fully saturated rings. The minimum Gasteiger partial charge on any atom is -0.312 e. The van der Waals surface area contributed by atoms with Crippen LogP contribution in [0.5, 0.6) is 0 Å². The van der Waals surface area contributed by atoms with Crippen LogP contribution in [0.15, 0.2) is 0 Å². The summed E-state index contributed by atoms with van der Waals surface area (Å²) in [5, 5.41) is 3.81. The zero-order chi connectivity index (χ0) is 14.4. The van der Waals surface area contributed by atoms with Crippen molar-refractivity contribution in [1.82, 2.24) is 15.1 Å². The van der Waals surface area contributed by atoms with Crippen molar-refractivity contribution in [3.63, 3.8) is 0 Å². The second kappa shape index (κ2) is 8.35. The Labute approximate surface area is 126 Å². The summed E-state index contributed by atoms with van der Waals surface area (Å²) in [7, 11) is 4.41. The second-order valence-corrected chi connectivity index (χ2v) is 7.15. The number of nitrogens with one attached hydrogen (secondary N) is 1. The lowest BCUT2D eigenvalue weighted by molar-refractivity contribution is 0.0767. The fourth-order valence-corrected chi connectivity index (χ4v) is 4.10. The van der Waals surface area contributed by atoms with E-state index in [0.29, 0.717) is 0 Å². The maximum atomic E-state index is 3.81. The Hall–Kier alpha value is -0.120. The molecule has 118 valence electrons. The van der Waals surface area contributed by atoms with Crippen LogP contribution >= 0.6 is 0 Å². The van der Waals surface area contributed by atoms with Gasteiger partial charge in [-0.1, -0.05) is 19.8 Å². The summed E-state index contributed by atoms with van der Waals surface area (Å²) in [5.74, 6) is 0.923. The summed E-state index contributed by atoms with van der Waals surface area (Å²) in [5.41, 5.74) is 0. The summed E-state index contributed by atoms with van der Waals surface area (Å²) in [4.78, 5) is 5.16. The number of nitrogens with zero attached hydrogens (tertiary/aromatic N) is 2. The average Bonchev–Trinajstić information content (AvgIpc) is 2.46. The zero-order valence-corrected chi connectivity index (χ0v) is 13.9. The van der Waals surface area contributed by atoms with Gasteiger partial charge in [-0.25, -0.2) is 0 Å². The van der Waals surface area contributed by atoms with Crippen LogP contribution in [-0.2, 0) is 0 Å². The van der Waals surface area contributed by atoms with E-state index in [0.717, 1.165) is 18.0 Å². The van der Waals surface area contributed by atoms with Gasteiger partial charge in [0.2, 0.25) is 0 Å². The molecule has 2 unspecified atom stereocenters. The van der Waals surface area contributed by atoms with E-state index in [1.54, 1.807) is 0 Å². The van der Waals surface area contributed by atoms with Crippen molar-refractivity contribution in [3.05, 3.63) is 0 Å². The first kappa shape index (κ1) is 16.3. The predicted molar refractivity (Wildman–Crippen MR) is 87.2 cm³/mol. The third-order valence-corrected chi connectivity index (χ3v) is 5.13. The van der Waals surface area contributed by atoms with E-state index in [1.807, 2.05) is 0 Å². The van der Waals surface area contributed by atoms with Crippen molar-refractivity contribution < 1.29 is 0 Å². The van der Waals surface area contributed by atoms with Crippen LogP contribution < -0.4 is 5.32 Å². The first-order valence-electron chi connectivity index (χ1n) is 8.83. The molecule has 1 heterocycles. The largest absolute Gasteiger partial charge is 0.312 e. The van der Waals surface area contributed by atoms with E-state index in [1.165, 1.54) is 71.1 Å². The monoisotopic (exact) mass is 281 g/mol. The van der Waals surface area contributed by atoms with Gasteiger partial charge in [0.15, 0.2) is 0 Å². The summed E-state index contributed by atoms with van der Waals surface area (Å²) < 4.78 is 0. The lowest BCUT2D eigenvalue weighted by Gasteiger charge is -2.44. The first-order valence-corrected chi connectivity index (χ1v) is 8.83. The van der Waals surface area contributed by atoms with Crippen LogP contribution in [0.4, 0.5) is 0 Å². The molecule has 0 bridgehead atoms. The van der Waals surface area contributed by atoms with Gasteiger partial charge in [-0.15, -0.1) is 0 Å². The molecule has 0 aromatic rings. The van der Waals surface area contributed by atoms with Gasteiger partial charge in [0.1, 0.15) is 0 Å². The van der Waals surface area contributed by atoms with Gasteiger partial charge in [0.05, 0.1) is 0 Å². The van der Waals surface area contributed by atoms with E-state index in [-0.39, 0.29) is 0 Å². The molecule has 0 radical (unpaired) electrons. The topological polar surface area (TPSA) is 18.5 Å². The third-order valence-electron chi connectivity index (χ3n) is 5.13. The maximum absolute atomic E-state index is 3.81. The Balaban J connectivity index is 1.80. The molecule has 3 nitrogen and oxygen atoms in total. The van der Waals surface area contributed by atoms with Crippen LogP contribution in [0.3, 0.4) is 0 Å². The molecule has 0 spiro atoms.